The number of ketones is 1. The van der Waals surface area contributed by atoms with E-state index >= 15 is 0 Å². The van der Waals surface area contributed by atoms with Crippen LogP contribution in [0.2, 0.25) is 0 Å². The average Bonchev–Trinajstić information content (AvgIpc) is 2.79. The molecule has 168 valence electrons. The molecule has 0 saturated heterocycles. The maximum Gasteiger partial charge on any atom is 0.316 e. The quantitative estimate of drug-likeness (QED) is 0.140. The van der Waals surface area contributed by atoms with Crippen LogP contribution in [-0.4, -0.2) is 52.1 Å². The second-order valence-electron chi connectivity index (χ2n) is 6.66. The molecule has 0 amide bonds. The Kier molecular flexibility index (Phi) is 11.3. The molecule has 1 atom stereocenters. The Labute approximate surface area is 183 Å². The number of benzene rings is 2. The lowest BCUT2D eigenvalue weighted by Crippen LogP contribution is -2.28. The Morgan fingerprint density at radius 3 is 2.39 bits per heavy atom. The number of esters is 1. The van der Waals surface area contributed by atoms with Gasteiger partial charge in [0.05, 0.1) is 32.0 Å². The molecule has 0 aliphatic rings. The van der Waals surface area contributed by atoms with Crippen LogP contribution in [0.5, 0.6) is 5.75 Å². The van der Waals surface area contributed by atoms with Gasteiger partial charge in [-0.15, -0.1) is 0 Å². The molecule has 2 aromatic rings. The van der Waals surface area contributed by atoms with Crippen molar-refractivity contribution in [3.05, 3.63) is 65.7 Å². The number of Topliss-reactive ketones (excluding diaryl/α,β-unsaturated/α-hetero) is 1. The Balaban J connectivity index is 2.00. The third-order valence-electron chi connectivity index (χ3n) is 4.43. The van der Waals surface area contributed by atoms with Gasteiger partial charge in [0, 0.05) is 13.7 Å². The Hall–Kier alpha value is -2.74. The zero-order valence-corrected chi connectivity index (χ0v) is 18.1. The fraction of sp³-hybridized carbons (Fsp3) is 0.417. The first-order valence-electron chi connectivity index (χ1n) is 10.3. The molecule has 0 aliphatic carbocycles. The van der Waals surface area contributed by atoms with Crippen LogP contribution in [0.1, 0.15) is 29.3 Å². The van der Waals surface area contributed by atoms with E-state index in [4.69, 9.17) is 23.7 Å². The van der Waals surface area contributed by atoms with Crippen LogP contribution in [0.4, 0.5) is 0 Å². The topological polar surface area (TPSA) is 80.3 Å². The Bertz CT molecular complexity index is 792. The van der Waals surface area contributed by atoms with E-state index in [1.54, 1.807) is 38.3 Å². The molecular formula is C24H30O7. The lowest BCUT2D eigenvalue weighted by atomic mass is 9.94. The molecule has 0 fully saturated rings. The number of ether oxygens (including phenoxy) is 5. The second-order valence-corrected chi connectivity index (χ2v) is 6.66. The SMILES string of the molecule is CCOC(=O)C(CCOCc1ccccc1)C(=O)c1ccccc1OCOCCOC. The summed E-state index contributed by atoms with van der Waals surface area (Å²) in [6.07, 6.45) is 0.211. The molecule has 0 saturated carbocycles. The third-order valence-corrected chi connectivity index (χ3v) is 4.43. The molecule has 2 aromatic carbocycles. The highest BCUT2D eigenvalue weighted by Crippen LogP contribution is 2.24. The molecule has 7 heteroatoms. The number of methoxy groups -OCH3 is 1. The van der Waals surface area contributed by atoms with E-state index < -0.39 is 11.9 Å². The van der Waals surface area contributed by atoms with Gasteiger partial charge in [-0.1, -0.05) is 42.5 Å². The van der Waals surface area contributed by atoms with Crippen molar-refractivity contribution >= 4 is 11.8 Å². The summed E-state index contributed by atoms with van der Waals surface area (Å²) in [5.41, 5.74) is 1.33. The van der Waals surface area contributed by atoms with Crippen LogP contribution in [0, 0.1) is 5.92 Å². The van der Waals surface area contributed by atoms with Gasteiger partial charge in [-0.3, -0.25) is 9.59 Å². The van der Waals surface area contributed by atoms with Gasteiger partial charge in [-0.05, 0) is 31.0 Å². The maximum absolute atomic E-state index is 13.2. The van der Waals surface area contributed by atoms with Crippen molar-refractivity contribution in [1.82, 2.24) is 0 Å². The van der Waals surface area contributed by atoms with Gasteiger partial charge in [0.1, 0.15) is 11.7 Å². The van der Waals surface area contributed by atoms with Gasteiger partial charge in [-0.25, -0.2) is 0 Å². The van der Waals surface area contributed by atoms with Crippen molar-refractivity contribution in [2.45, 2.75) is 20.0 Å². The molecular weight excluding hydrogens is 400 g/mol. The van der Waals surface area contributed by atoms with E-state index in [0.717, 1.165) is 5.56 Å². The predicted octanol–water partition coefficient (Wildman–Crippen LogP) is 3.65. The van der Waals surface area contributed by atoms with Gasteiger partial charge in [-0.2, -0.15) is 0 Å². The third kappa shape index (κ3) is 8.49. The molecule has 0 aliphatic heterocycles. The summed E-state index contributed by atoms with van der Waals surface area (Å²) < 4.78 is 26.6. The largest absolute Gasteiger partial charge is 0.467 e. The summed E-state index contributed by atoms with van der Waals surface area (Å²) in [6, 6.07) is 16.5. The van der Waals surface area contributed by atoms with Crippen molar-refractivity contribution in [3.8, 4) is 5.75 Å². The minimum atomic E-state index is -0.977. The van der Waals surface area contributed by atoms with Crippen LogP contribution in [0.25, 0.3) is 0 Å². The van der Waals surface area contributed by atoms with Crippen molar-refractivity contribution < 1.29 is 33.3 Å². The average molecular weight is 430 g/mol. The van der Waals surface area contributed by atoms with Gasteiger partial charge >= 0.3 is 5.97 Å². The van der Waals surface area contributed by atoms with Crippen LogP contribution in [0.3, 0.4) is 0 Å². The van der Waals surface area contributed by atoms with Crippen molar-refractivity contribution in [1.29, 1.82) is 0 Å². The molecule has 0 N–H and O–H groups in total. The molecule has 0 aromatic heterocycles. The summed E-state index contributed by atoms with van der Waals surface area (Å²) >= 11 is 0. The van der Waals surface area contributed by atoms with E-state index in [-0.39, 0.29) is 32.2 Å². The highest BCUT2D eigenvalue weighted by Gasteiger charge is 2.30. The smallest absolute Gasteiger partial charge is 0.316 e. The molecule has 0 spiro atoms. The molecule has 1 unspecified atom stereocenters. The van der Waals surface area contributed by atoms with Crippen LogP contribution in [-0.2, 0) is 30.3 Å². The molecule has 0 heterocycles. The Morgan fingerprint density at radius 1 is 0.903 bits per heavy atom. The van der Waals surface area contributed by atoms with Crippen LogP contribution in [0.15, 0.2) is 54.6 Å². The minimum absolute atomic E-state index is 0.0298. The lowest BCUT2D eigenvalue weighted by molar-refractivity contribution is -0.146. The molecule has 2 rings (SSSR count). The van der Waals surface area contributed by atoms with E-state index in [1.165, 1.54) is 0 Å². The molecule has 0 bridgehead atoms. The number of hydrogen-bond acceptors (Lipinski definition) is 7. The number of para-hydroxylation sites is 1. The van der Waals surface area contributed by atoms with E-state index in [2.05, 4.69) is 0 Å². The second kappa shape index (κ2) is 14.3. The van der Waals surface area contributed by atoms with E-state index in [9.17, 15) is 9.59 Å². The lowest BCUT2D eigenvalue weighted by Gasteiger charge is -2.17. The van der Waals surface area contributed by atoms with E-state index in [1.807, 2.05) is 30.3 Å². The normalized spacial score (nSPS) is 11.7. The summed E-state index contributed by atoms with van der Waals surface area (Å²) in [5.74, 6) is -1.56. The first-order chi connectivity index (χ1) is 15.2. The van der Waals surface area contributed by atoms with Crippen molar-refractivity contribution in [2.75, 3.05) is 40.3 Å². The molecule has 0 radical (unpaired) electrons. The fourth-order valence-electron chi connectivity index (χ4n) is 2.85. The molecule has 7 nitrogen and oxygen atoms in total. The monoisotopic (exact) mass is 430 g/mol. The van der Waals surface area contributed by atoms with Gasteiger partial charge < -0.3 is 23.7 Å². The highest BCUT2D eigenvalue weighted by atomic mass is 16.7. The van der Waals surface area contributed by atoms with Crippen molar-refractivity contribution in [2.24, 2.45) is 5.92 Å². The zero-order valence-electron chi connectivity index (χ0n) is 18.1. The van der Waals surface area contributed by atoms with Crippen LogP contribution >= 0.6 is 0 Å². The maximum atomic E-state index is 13.2. The minimum Gasteiger partial charge on any atom is -0.467 e. The number of carbonyl (C=O) groups excluding carboxylic acids is 2. The van der Waals surface area contributed by atoms with Crippen LogP contribution < -0.4 is 4.74 Å². The first kappa shape index (κ1) is 24.5. The summed E-state index contributed by atoms with van der Waals surface area (Å²) in [4.78, 5) is 25.7. The standard InChI is InChI=1S/C24H30O7/c1-3-30-24(26)21(13-14-28-17-19-9-5-4-6-10-19)23(25)20-11-7-8-12-22(20)31-18-29-16-15-27-2/h4-12,21H,3,13-18H2,1-2H3. The van der Waals surface area contributed by atoms with Gasteiger partial charge in [0.2, 0.25) is 0 Å². The van der Waals surface area contributed by atoms with Gasteiger partial charge in [0.25, 0.3) is 0 Å². The fourth-order valence-corrected chi connectivity index (χ4v) is 2.85. The highest BCUT2D eigenvalue weighted by molar-refractivity contribution is 6.10. The molecule has 31 heavy (non-hydrogen) atoms. The predicted molar refractivity (Wildman–Crippen MR) is 115 cm³/mol. The number of hydrogen-bond donors (Lipinski definition) is 0. The number of carbonyl (C=O) groups is 2. The van der Waals surface area contributed by atoms with E-state index in [0.29, 0.717) is 31.1 Å². The summed E-state index contributed by atoms with van der Waals surface area (Å²) in [5, 5.41) is 0. The number of rotatable bonds is 15. The van der Waals surface area contributed by atoms with Gasteiger partial charge in [0.15, 0.2) is 12.6 Å². The Morgan fingerprint density at radius 2 is 1.65 bits per heavy atom. The summed E-state index contributed by atoms with van der Waals surface area (Å²) in [6.45, 7) is 3.33. The summed E-state index contributed by atoms with van der Waals surface area (Å²) in [7, 11) is 1.58. The van der Waals surface area contributed by atoms with Crippen molar-refractivity contribution in [3.63, 3.8) is 0 Å². The zero-order chi connectivity index (χ0) is 22.3. The first-order valence-corrected chi connectivity index (χ1v) is 10.3.